The fraction of sp³-hybridized carbons (Fsp3) is 0.714. The van der Waals surface area contributed by atoms with Crippen molar-refractivity contribution in [3.8, 4) is 0 Å². The van der Waals surface area contributed by atoms with Gasteiger partial charge in [0, 0.05) is 64.0 Å². The summed E-state index contributed by atoms with van der Waals surface area (Å²) in [6.07, 6.45) is 10.9. The summed E-state index contributed by atoms with van der Waals surface area (Å²) >= 11 is 0. The lowest BCUT2D eigenvalue weighted by Crippen LogP contribution is -2.60. The lowest BCUT2D eigenvalue weighted by Gasteiger charge is -2.51. The molecule has 0 radical (unpaired) electrons. The molecule has 0 saturated carbocycles. The number of carbonyl (C=O) groups is 3. The second kappa shape index (κ2) is 10.5. The number of piperidine rings is 2. The highest BCUT2D eigenvalue weighted by molar-refractivity contribution is 6.00. The largest absolute Gasteiger partial charge is 0.353 e. The van der Waals surface area contributed by atoms with Crippen LogP contribution in [-0.2, 0) is 16.6 Å². The highest BCUT2D eigenvalue weighted by atomic mass is 16.2. The molecule has 5 rings (SSSR count). The van der Waals surface area contributed by atoms with Gasteiger partial charge in [-0.05, 0) is 55.8 Å². The van der Waals surface area contributed by atoms with Crippen molar-refractivity contribution in [3.05, 3.63) is 24.2 Å². The summed E-state index contributed by atoms with van der Waals surface area (Å²) in [5.41, 5.74) is 1.43. The molecule has 2 aromatic rings. The van der Waals surface area contributed by atoms with Crippen LogP contribution in [0.15, 0.2) is 18.6 Å². The zero-order chi connectivity index (χ0) is 26.3. The van der Waals surface area contributed by atoms with Gasteiger partial charge >= 0.3 is 0 Å². The molecule has 3 aliphatic rings. The van der Waals surface area contributed by atoms with Gasteiger partial charge in [-0.2, -0.15) is 5.10 Å². The van der Waals surface area contributed by atoms with E-state index < -0.39 is 0 Å². The fourth-order valence-electron chi connectivity index (χ4n) is 6.85. The van der Waals surface area contributed by atoms with Gasteiger partial charge in [-0.15, -0.1) is 0 Å². The maximum Gasteiger partial charge on any atom is 0.259 e. The van der Waals surface area contributed by atoms with E-state index in [1.165, 1.54) is 0 Å². The Morgan fingerprint density at radius 2 is 1.92 bits per heavy atom. The van der Waals surface area contributed by atoms with E-state index in [0.717, 1.165) is 37.8 Å². The Bertz CT molecular complexity index is 1150. The summed E-state index contributed by atoms with van der Waals surface area (Å²) in [5.74, 6) is 1.54. The van der Waals surface area contributed by atoms with E-state index >= 15 is 0 Å². The molecule has 0 aliphatic carbocycles. The van der Waals surface area contributed by atoms with Gasteiger partial charge < -0.3 is 19.7 Å². The molecule has 2 aromatic heterocycles. The van der Waals surface area contributed by atoms with Crippen LogP contribution in [0.2, 0.25) is 0 Å². The minimum absolute atomic E-state index is 0.0173. The SMILES string of the molecule is CC(C)[C@@H]1CC[C@@H](C)CC(=O)N2C[C@H]3C[C@H](CN(C(=O)c4cnn5ccn(C)c45)C3)[C@@H]2CCCC(=O)N1. The number of nitrogens with zero attached hydrogens (tertiary/aromatic N) is 5. The quantitative estimate of drug-likeness (QED) is 0.672. The summed E-state index contributed by atoms with van der Waals surface area (Å²) in [4.78, 5) is 44.1. The number of hydrogen-bond acceptors (Lipinski definition) is 4. The molecular weight excluding hydrogens is 468 g/mol. The summed E-state index contributed by atoms with van der Waals surface area (Å²) in [6, 6.07) is 0.231. The molecule has 9 heteroatoms. The van der Waals surface area contributed by atoms with Gasteiger partial charge in [-0.25, -0.2) is 4.52 Å². The number of rotatable bonds is 2. The third-order valence-corrected chi connectivity index (χ3v) is 8.89. The standard InChI is InChI=1S/C28H42N6O3/c1-18(2)23-9-8-19(3)12-26(36)33-16-20-13-21(24(33)6-5-7-25(35)30-23)17-32(15-20)28(37)22-14-29-34-11-10-31(4)27(22)34/h10-11,14,18-21,23-24H,5-9,12-13,15-17H2,1-4H3,(H,30,35)/t19-,20+,21-,23+,24+/m1/s1. The topological polar surface area (TPSA) is 92.0 Å². The van der Waals surface area contributed by atoms with Crippen molar-refractivity contribution in [1.29, 1.82) is 0 Å². The predicted octanol–water partition coefficient (Wildman–Crippen LogP) is 3.09. The monoisotopic (exact) mass is 510 g/mol. The summed E-state index contributed by atoms with van der Waals surface area (Å²) in [5, 5.41) is 7.61. The molecule has 202 valence electrons. The first-order valence-electron chi connectivity index (χ1n) is 14.1. The van der Waals surface area contributed by atoms with Gasteiger partial charge in [0.1, 0.15) is 11.2 Å². The van der Waals surface area contributed by atoms with E-state index in [-0.39, 0.29) is 47.6 Å². The van der Waals surface area contributed by atoms with Crippen molar-refractivity contribution in [2.24, 2.45) is 30.7 Å². The molecular formula is C28H42N6O3. The normalized spacial score (nSPS) is 29.9. The van der Waals surface area contributed by atoms with E-state index in [1.54, 1.807) is 10.7 Å². The van der Waals surface area contributed by atoms with E-state index in [1.807, 2.05) is 28.9 Å². The molecule has 2 bridgehead atoms. The van der Waals surface area contributed by atoms with Crippen LogP contribution in [0.4, 0.5) is 0 Å². The molecule has 5 atom stereocenters. The van der Waals surface area contributed by atoms with Crippen LogP contribution in [0.5, 0.6) is 0 Å². The van der Waals surface area contributed by atoms with Crippen molar-refractivity contribution >= 4 is 23.4 Å². The molecule has 0 spiro atoms. The highest BCUT2D eigenvalue weighted by Crippen LogP contribution is 2.37. The van der Waals surface area contributed by atoms with Crippen LogP contribution in [0.1, 0.15) is 76.1 Å². The number of hydrogen-bond donors (Lipinski definition) is 1. The number of aromatic nitrogens is 3. The van der Waals surface area contributed by atoms with Crippen LogP contribution in [-0.4, -0.2) is 73.4 Å². The van der Waals surface area contributed by atoms with Crippen LogP contribution < -0.4 is 5.32 Å². The third kappa shape index (κ3) is 5.27. The van der Waals surface area contributed by atoms with Gasteiger partial charge in [0.25, 0.3) is 5.91 Å². The summed E-state index contributed by atoms with van der Waals surface area (Å²) < 4.78 is 3.67. The smallest absolute Gasteiger partial charge is 0.259 e. The molecule has 3 aliphatic heterocycles. The van der Waals surface area contributed by atoms with E-state index in [4.69, 9.17) is 0 Å². The Labute approximate surface area is 219 Å². The first kappa shape index (κ1) is 25.8. The van der Waals surface area contributed by atoms with Crippen molar-refractivity contribution in [2.75, 3.05) is 19.6 Å². The zero-order valence-electron chi connectivity index (χ0n) is 22.7. The maximum atomic E-state index is 13.6. The third-order valence-electron chi connectivity index (χ3n) is 8.89. The molecule has 1 N–H and O–H groups in total. The molecule has 0 unspecified atom stereocenters. The number of likely N-dealkylation sites (tertiary alicyclic amines) is 1. The molecule has 3 amide bonds. The predicted molar refractivity (Wildman–Crippen MR) is 141 cm³/mol. The number of nitrogens with one attached hydrogen (secondary N) is 1. The molecule has 3 saturated heterocycles. The van der Waals surface area contributed by atoms with Crippen molar-refractivity contribution in [3.63, 3.8) is 0 Å². The summed E-state index contributed by atoms with van der Waals surface area (Å²) in [7, 11) is 1.93. The van der Waals surface area contributed by atoms with Gasteiger partial charge in [0.05, 0.1) is 6.20 Å². The number of imidazole rings is 1. The fourth-order valence-corrected chi connectivity index (χ4v) is 6.85. The summed E-state index contributed by atoms with van der Waals surface area (Å²) in [6.45, 7) is 8.47. The van der Waals surface area contributed by atoms with Gasteiger partial charge in [0.15, 0.2) is 0 Å². The van der Waals surface area contributed by atoms with Gasteiger partial charge in [-0.3, -0.25) is 14.4 Å². The molecule has 9 nitrogen and oxygen atoms in total. The first-order valence-corrected chi connectivity index (χ1v) is 14.1. The first-order chi connectivity index (χ1) is 17.7. The molecule has 5 heterocycles. The highest BCUT2D eigenvalue weighted by Gasteiger charge is 2.44. The van der Waals surface area contributed by atoms with Gasteiger partial charge in [-0.1, -0.05) is 20.8 Å². The molecule has 0 aromatic carbocycles. The Kier molecular flexibility index (Phi) is 7.32. The number of aryl methyl sites for hydroxylation is 1. The van der Waals surface area contributed by atoms with Crippen LogP contribution in [0.3, 0.4) is 0 Å². The van der Waals surface area contributed by atoms with Crippen LogP contribution in [0.25, 0.3) is 5.65 Å². The van der Waals surface area contributed by atoms with Crippen molar-refractivity contribution < 1.29 is 14.4 Å². The number of carbonyl (C=O) groups excluding carboxylic acids is 3. The zero-order valence-corrected chi connectivity index (χ0v) is 22.7. The maximum absolute atomic E-state index is 13.6. The lowest BCUT2D eigenvalue weighted by atomic mass is 9.77. The Morgan fingerprint density at radius 3 is 2.70 bits per heavy atom. The Morgan fingerprint density at radius 1 is 1.11 bits per heavy atom. The van der Waals surface area contributed by atoms with E-state index in [2.05, 4.69) is 36.1 Å². The van der Waals surface area contributed by atoms with Gasteiger partial charge in [0.2, 0.25) is 11.8 Å². The second-order valence-corrected chi connectivity index (χ2v) is 12.1. The van der Waals surface area contributed by atoms with Crippen molar-refractivity contribution in [2.45, 2.75) is 77.8 Å². The average molecular weight is 511 g/mol. The van der Waals surface area contributed by atoms with Crippen molar-refractivity contribution in [1.82, 2.24) is 29.3 Å². The second-order valence-electron chi connectivity index (χ2n) is 12.1. The van der Waals surface area contributed by atoms with E-state index in [0.29, 0.717) is 44.0 Å². The minimum Gasteiger partial charge on any atom is -0.353 e. The number of amides is 3. The Hall–Kier alpha value is -2.84. The molecule has 37 heavy (non-hydrogen) atoms. The Balaban J connectivity index is 1.34. The molecule has 3 fully saturated rings. The minimum atomic E-state index is 0.0173. The number of fused-ring (bicyclic) bond motifs is 5. The van der Waals surface area contributed by atoms with Crippen LogP contribution in [0, 0.1) is 23.7 Å². The lowest BCUT2D eigenvalue weighted by molar-refractivity contribution is -0.141. The average Bonchev–Trinajstić information content (AvgIpc) is 3.44. The van der Waals surface area contributed by atoms with Crippen LogP contribution >= 0.6 is 0 Å². The van der Waals surface area contributed by atoms with E-state index in [9.17, 15) is 14.4 Å².